The maximum Gasteiger partial charge on any atom is 0.222 e. The molecule has 18 heavy (non-hydrogen) atoms. The fraction of sp³-hybridized carbons (Fsp3) is 0.0833. The topological polar surface area (TPSA) is 43.9 Å². The number of hydrogen-bond acceptors (Lipinski definition) is 4. The summed E-state index contributed by atoms with van der Waals surface area (Å²) < 4.78 is 7.92. The molecule has 1 aromatic rings. The summed E-state index contributed by atoms with van der Waals surface area (Å²) in [6, 6.07) is 5.64. The third-order valence-electron chi connectivity index (χ3n) is 2.57. The summed E-state index contributed by atoms with van der Waals surface area (Å²) in [5.74, 6) is 0.775. The highest BCUT2D eigenvalue weighted by atomic mass is 35.5. The molecule has 0 fully saturated rings. The molecule has 0 saturated heterocycles. The highest BCUT2D eigenvalue weighted by molar-refractivity contribution is 7.71. The van der Waals surface area contributed by atoms with Gasteiger partial charge in [-0.1, -0.05) is 0 Å². The molecule has 3 heterocycles. The summed E-state index contributed by atoms with van der Waals surface area (Å²) in [6.07, 6.45) is 5.37. The van der Waals surface area contributed by atoms with Crippen LogP contribution in [0.1, 0.15) is 5.56 Å². The summed E-state index contributed by atoms with van der Waals surface area (Å²) in [6.45, 7) is 0.642. The average molecular weight is 278 g/mol. The number of aromatic nitrogens is 3. The standard InChI is InChI=1S/C12H8ClN3OS/c13-12-14-5-8(6-15-12)7-16-3-1-2-10-9(16)4-11(18)17-10/h1-6H,7H2. The largest absolute Gasteiger partial charge is 0.444 e. The van der Waals surface area contributed by atoms with Gasteiger partial charge in [-0.2, -0.15) is 0 Å². The first-order valence-corrected chi connectivity index (χ1v) is 6.06. The molecule has 0 atom stereocenters. The molecule has 0 amide bonds. The summed E-state index contributed by atoms with van der Waals surface area (Å²) in [7, 11) is 0. The van der Waals surface area contributed by atoms with Crippen LogP contribution < -0.4 is 0 Å². The predicted molar refractivity (Wildman–Crippen MR) is 70.3 cm³/mol. The van der Waals surface area contributed by atoms with Crippen molar-refractivity contribution in [2.45, 2.75) is 6.54 Å². The molecular formula is C12H8ClN3OS. The number of nitrogens with zero attached hydrogens (tertiary/aromatic N) is 3. The van der Waals surface area contributed by atoms with Crippen LogP contribution in [0.5, 0.6) is 0 Å². The Kier molecular flexibility index (Phi) is 2.85. The average Bonchev–Trinajstić information content (AvgIpc) is 2.73. The van der Waals surface area contributed by atoms with E-state index in [9.17, 15) is 0 Å². The predicted octanol–water partition coefficient (Wildman–Crippen LogP) is 3.41. The summed E-state index contributed by atoms with van der Waals surface area (Å²) in [4.78, 5) is 7.92. The lowest BCUT2D eigenvalue weighted by molar-refractivity contribution is 0.562. The highest BCUT2D eigenvalue weighted by Crippen LogP contribution is 2.24. The zero-order valence-electron chi connectivity index (χ0n) is 9.21. The number of furan rings is 1. The van der Waals surface area contributed by atoms with Crippen molar-refractivity contribution in [2.24, 2.45) is 0 Å². The SMILES string of the molecule is S=c1cc2n(Cc3cnc(Cl)nc3)cccc-2o1. The molecular weight excluding hydrogens is 270 g/mol. The van der Waals surface area contributed by atoms with Crippen molar-refractivity contribution in [2.75, 3.05) is 0 Å². The number of rotatable bonds is 2. The molecule has 0 radical (unpaired) electrons. The second-order valence-electron chi connectivity index (χ2n) is 3.81. The Morgan fingerprint density at radius 3 is 2.89 bits per heavy atom. The van der Waals surface area contributed by atoms with Gasteiger partial charge in [-0.3, -0.25) is 0 Å². The van der Waals surface area contributed by atoms with Gasteiger partial charge in [-0.15, -0.1) is 0 Å². The van der Waals surface area contributed by atoms with Gasteiger partial charge in [0.15, 0.2) is 10.5 Å². The van der Waals surface area contributed by atoms with Crippen LogP contribution in [0.15, 0.2) is 41.2 Å². The fourth-order valence-electron chi connectivity index (χ4n) is 1.79. The van der Waals surface area contributed by atoms with Crippen molar-refractivity contribution < 1.29 is 4.42 Å². The van der Waals surface area contributed by atoms with Crippen LogP contribution >= 0.6 is 23.8 Å². The van der Waals surface area contributed by atoms with Gasteiger partial charge in [0.2, 0.25) is 5.28 Å². The lowest BCUT2D eigenvalue weighted by Gasteiger charge is -2.10. The molecule has 0 spiro atoms. The van der Waals surface area contributed by atoms with Crippen molar-refractivity contribution in [3.05, 3.63) is 52.3 Å². The van der Waals surface area contributed by atoms with Crippen LogP contribution in [0, 0.1) is 4.71 Å². The Morgan fingerprint density at radius 2 is 2.11 bits per heavy atom. The van der Waals surface area contributed by atoms with E-state index >= 15 is 0 Å². The van der Waals surface area contributed by atoms with Crippen LogP contribution in [-0.4, -0.2) is 14.5 Å². The Labute approximate surface area is 113 Å². The summed E-state index contributed by atoms with van der Waals surface area (Å²) >= 11 is 10.7. The van der Waals surface area contributed by atoms with Gasteiger partial charge >= 0.3 is 0 Å². The van der Waals surface area contributed by atoms with E-state index in [1.165, 1.54) is 0 Å². The van der Waals surface area contributed by atoms with Crippen molar-refractivity contribution >= 4 is 23.8 Å². The molecule has 6 heteroatoms. The van der Waals surface area contributed by atoms with E-state index < -0.39 is 0 Å². The zero-order chi connectivity index (χ0) is 12.5. The van der Waals surface area contributed by atoms with E-state index in [1.54, 1.807) is 12.4 Å². The number of fused-ring (bicyclic) bond motifs is 1. The molecule has 1 aromatic heterocycles. The first-order chi connectivity index (χ1) is 8.72. The minimum Gasteiger partial charge on any atom is -0.444 e. The summed E-state index contributed by atoms with van der Waals surface area (Å²) in [5.41, 5.74) is 1.92. The van der Waals surface area contributed by atoms with E-state index in [2.05, 4.69) is 9.97 Å². The first-order valence-electron chi connectivity index (χ1n) is 5.28. The first kappa shape index (κ1) is 11.4. The van der Waals surface area contributed by atoms with Crippen molar-refractivity contribution in [1.82, 2.24) is 14.5 Å². The monoisotopic (exact) mass is 277 g/mol. The lowest BCUT2D eigenvalue weighted by Crippen LogP contribution is -2.03. The number of hydrogen-bond donors (Lipinski definition) is 0. The normalized spacial score (nSPS) is 10.9. The third-order valence-corrected chi connectivity index (χ3v) is 2.96. The van der Waals surface area contributed by atoms with Gasteiger partial charge in [0.05, 0.1) is 12.2 Å². The second-order valence-corrected chi connectivity index (χ2v) is 4.55. The van der Waals surface area contributed by atoms with Crippen molar-refractivity contribution in [3.8, 4) is 11.5 Å². The molecule has 4 nitrogen and oxygen atoms in total. The fourth-order valence-corrected chi connectivity index (χ4v) is 2.09. The van der Waals surface area contributed by atoms with Crippen LogP contribution in [0.3, 0.4) is 0 Å². The zero-order valence-corrected chi connectivity index (χ0v) is 10.8. The Morgan fingerprint density at radius 1 is 1.33 bits per heavy atom. The molecule has 0 aromatic carbocycles. The molecule has 2 aliphatic heterocycles. The van der Waals surface area contributed by atoms with Crippen molar-refractivity contribution in [3.63, 3.8) is 0 Å². The van der Waals surface area contributed by atoms with E-state index in [0.29, 0.717) is 11.3 Å². The van der Waals surface area contributed by atoms with Gasteiger partial charge in [-0.25, -0.2) is 9.97 Å². The van der Waals surface area contributed by atoms with E-state index in [-0.39, 0.29) is 5.28 Å². The quantitative estimate of drug-likeness (QED) is 0.532. The number of halogens is 1. The second kappa shape index (κ2) is 4.51. The van der Waals surface area contributed by atoms with Gasteiger partial charge < -0.3 is 8.98 Å². The molecule has 0 N–H and O–H groups in total. The Hall–Kier alpha value is -1.72. The molecule has 0 bridgehead atoms. The van der Waals surface area contributed by atoms with E-state index in [0.717, 1.165) is 17.0 Å². The van der Waals surface area contributed by atoms with Crippen LogP contribution in [0.4, 0.5) is 0 Å². The van der Waals surface area contributed by atoms with Gasteiger partial charge in [0.1, 0.15) is 0 Å². The summed E-state index contributed by atoms with van der Waals surface area (Å²) in [5, 5.41) is 0.248. The Bertz CT molecular complexity index is 704. The van der Waals surface area contributed by atoms with Crippen molar-refractivity contribution in [1.29, 1.82) is 0 Å². The molecule has 0 unspecified atom stereocenters. The maximum atomic E-state index is 5.66. The van der Waals surface area contributed by atoms with Crippen LogP contribution in [-0.2, 0) is 6.54 Å². The third kappa shape index (κ3) is 2.14. The molecule has 2 aliphatic rings. The van der Waals surface area contributed by atoms with Gasteiger partial charge in [0, 0.05) is 30.2 Å². The molecule has 3 rings (SSSR count). The van der Waals surface area contributed by atoms with E-state index in [4.69, 9.17) is 28.2 Å². The van der Waals surface area contributed by atoms with Gasteiger partial charge in [0.25, 0.3) is 0 Å². The van der Waals surface area contributed by atoms with Crippen LogP contribution in [0.25, 0.3) is 11.5 Å². The minimum atomic E-state index is 0.248. The number of pyridine rings is 1. The minimum absolute atomic E-state index is 0.248. The van der Waals surface area contributed by atoms with E-state index in [1.807, 2.05) is 29.0 Å². The molecule has 0 aliphatic carbocycles. The molecule has 90 valence electrons. The Balaban J connectivity index is 2.00. The maximum absolute atomic E-state index is 5.66. The van der Waals surface area contributed by atoms with Gasteiger partial charge in [-0.05, 0) is 36.0 Å². The smallest absolute Gasteiger partial charge is 0.222 e. The lowest BCUT2D eigenvalue weighted by atomic mass is 10.2. The highest BCUT2D eigenvalue weighted by Gasteiger charge is 2.10. The molecule has 0 saturated carbocycles. The van der Waals surface area contributed by atoms with Crippen LogP contribution in [0.2, 0.25) is 5.28 Å².